The zero-order valence-electron chi connectivity index (χ0n) is 16.4. The van der Waals surface area contributed by atoms with Crippen molar-refractivity contribution in [2.75, 3.05) is 11.9 Å². The number of aromatic nitrogens is 1. The van der Waals surface area contributed by atoms with Gasteiger partial charge in [0.2, 0.25) is 0 Å². The van der Waals surface area contributed by atoms with Crippen molar-refractivity contribution < 1.29 is 27.8 Å². The Morgan fingerprint density at radius 1 is 1.10 bits per heavy atom. The van der Waals surface area contributed by atoms with Crippen LogP contribution >= 0.6 is 0 Å². The normalized spacial score (nSPS) is 10.8. The molecule has 8 heteroatoms. The average Bonchev–Trinajstić information content (AvgIpc) is 2.73. The molecule has 1 aromatic heterocycles. The van der Waals surface area contributed by atoms with Gasteiger partial charge in [0.05, 0.1) is 16.8 Å². The number of benzene rings is 2. The lowest BCUT2D eigenvalue weighted by Gasteiger charge is -2.13. The van der Waals surface area contributed by atoms with E-state index >= 15 is 0 Å². The number of carbonyl (C=O) groups is 2. The van der Waals surface area contributed by atoms with Crippen molar-refractivity contribution in [1.29, 1.82) is 0 Å². The fourth-order valence-corrected chi connectivity index (χ4v) is 3.09. The molecular formula is C22H20F2N2O4. The van der Waals surface area contributed by atoms with E-state index in [0.717, 1.165) is 16.5 Å². The summed E-state index contributed by atoms with van der Waals surface area (Å²) in [6.07, 6.45) is 0.537. The quantitative estimate of drug-likeness (QED) is 0.576. The molecule has 0 radical (unpaired) electrons. The number of halogens is 2. The zero-order valence-corrected chi connectivity index (χ0v) is 16.4. The van der Waals surface area contributed by atoms with Crippen LogP contribution in [0.5, 0.6) is 5.75 Å². The SMILES string of the molecule is CCc1nc2ccccc2c(C)c1C(=O)OCC(=O)Nc1ccc(OC(F)F)cc1. The number of carbonyl (C=O) groups excluding carboxylic acids is 2. The average molecular weight is 414 g/mol. The second-order valence-corrected chi connectivity index (χ2v) is 6.46. The van der Waals surface area contributed by atoms with E-state index in [-0.39, 0.29) is 5.75 Å². The van der Waals surface area contributed by atoms with Crippen molar-refractivity contribution in [2.45, 2.75) is 26.9 Å². The summed E-state index contributed by atoms with van der Waals surface area (Å²) in [4.78, 5) is 29.3. The van der Waals surface area contributed by atoms with E-state index in [4.69, 9.17) is 4.74 Å². The van der Waals surface area contributed by atoms with Crippen LogP contribution in [0.4, 0.5) is 14.5 Å². The number of fused-ring (bicyclic) bond motifs is 1. The molecule has 0 unspecified atom stereocenters. The molecule has 3 aromatic rings. The van der Waals surface area contributed by atoms with Gasteiger partial charge in [-0.15, -0.1) is 0 Å². The van der Waals surface area contributed by atoms with Crippen molar-refractivity contribution in [3.8, 4) is 5.75 Å². The number of hydrogen-bond acceptors (Lipinski definition) is 5. The Morgan fingerprint density at radius 3 is 2.47 bits per heavy atom. The number of aryl methyl sites for hydroxylation is 2. The summed E-state index contributed by atoms with van der Waals surface area (Å²) in [5.74, 6) is -1.21. The van der Waals surface area contributed by atoms with E-state index in [0.29, 0.717) is 23.4 Å². The second-order valence-electron chi connectivity index (χ2n) is 6.46. The van der Waals surface area contributed by atoms with E-state index in [1.165, 1.54) is 24.3 Å². The highest BCUT2D eigenvalue weighted by atomic mass is 19.3. The van der Waals surface area contributed by atoms with Gasteiger partial charge in [0, 0.05) is 11.1 Å². The van der Waals surface area contributed by atoms with Gasteiger partial charge in [0.15, 0.2) is 6.61 Å². The number of amides is 1. The van der Waals surface area contributed by atoms with Crippen LogP contribution in [0.25, 0.3) is 10.9 Å². The van der Waals surface area contributed by atoms with Gasteiger partial charge >= 0.3 is 12.6 Å². The minimum absolute atomic E-state index is 0.0270. The maximum atomic E-state index is 12.7. The lowest BCUT2D eigenvalue weighted by Crippen LogP contribution is -2.22. The van der Waals surface area contributed by atoms with E-state index < -0.39 is 25.1 Å². The van der Waals surface area contributed by atoms with E-state index in [1.54, 1.807) is 0 Å². The summed E-state index contributed by atoms with van der Waals surface area (Å²) in [6.45, 7) is 0.291. The molecule has 0 aliphatic carbocycles. The van der Waals surface area contributed by atoms with Gasteiger partial charge in [-0.3, -0.25) is 9.78 Å². The van der Waals surface area contributed by atoms with Crippen LogP contribution in [0.1, 0.15) is 28.5 Å². The second kappa shape index (κ2) is 9.30. The summed E-state index contributed by atoms with van der Waals surface area (Å²) >= 11 is 0. The lowest BCUT2D eigenvalue weighted by atomic mass is 10.0. The maximum Gasteiger partial charge on any atom is 0.387 e. The Bertz CT molecular complexity index is 1070. The number of rotatable bonds is 7. The number of nitrogens with zero attached hydrogens (tertiary/aromatic N) is 1. The topological polar surface area (TPSA) is 77.5 Å². The molecule has 0 fully saturated rings. The number of hydrogen-bond donors (Lipinski definition) is 1. The number of esters is 1. The Kier molecular flexibility index (Phi) is 6.56. The molecular weight excluding hydrogens is 394 g/mol. The van der Waals surface area contributed by atoms with Gasteiger partial charge in [-0.25, -0.2) is 4.79 Å². The van der Waals surface area contributed by atoms with Gasteiger partial charge in [-0.1, -0.05) is 25.1 Å². The summed E-state index contributed by atoms with van der Waals surface area (Å²) < 4.78 is 33.8. The minimum Gasteiger partial charge on any atom is -0.452 e. The highest BCUT2D eigenvalue weighted by molar-refractivity contribution is 6.00. The lowest BCUT2D eigenvalue weighted by molar-refractivity contribution is -0.119. The standard InChI is InChI=1S/C22H20F2N2O4/c1-3-17-20(13(2)16-6-4-5-7-18(16)26-17)21(28)29-12-19(27)25-14-8-10-15(11-9-14)30-22(23)24/h4-11,22H,3,12H2,1-2H3,(H,25,27). The van der Waals surface area contributed by atoms with Gasteiger partial charge in [-0.2, -0.15) is 8.78 Å². The zero-order chi connectivity index (χ0) is 21.7. The fourth-order valence-electron chi connectivity index (χ4n) is 3.09. The number of para-hydroxylation sites is 1. The van der Waals surface area contributed by atoms with Crippen LogP contribution in [-0.4, -0.2) is 30.1 Å². The van der Waals surface area contributed by atoms with Crippen LogP contribution in [0.3, 0.4) is 0 Å². The molecule has 6 nitrogen and oxygen atoms in total. The molecule has 1 N–H and O–H groups in total. The Morgan fingerprint density at radius 2 is 1.80 bits per heavy atom. The number of anilines is 1. The summed E-state index contributed by atoms with van der Waals surface area (Å²) in [5.41, 5.74) is 2.86. The first kappa shape index (κ1) is 21.2. The smallest absolute Gasteiger partial charge is 0.387 e. The van der Waals surface area contributed by atoms with Gasteiger partial charge < -0.3 is 14.8 Å². The third kappa shape index (κ3) is 4.89. The predicted octanol–water partition coefficient (Wildman–Crippen LogP) is 4.50. The predicted molar refractivity (Wildman–Crippen MR) is 108 cm³/mol. The van der Waals surface area contributed by atoms with E-state index in [2.05, 4.69) is 15.0 Å². The highest BCUT2D eigenvalue weighted by Crippen LogP contribution is 2.24. The highest BCUT2D eigenvalue weighted by Gasteiger charge is 2.20. The molecule has 3 rings (SSSR count). The monoisotopic (exact) mass is 414 g/mol. The van der Waals surface area contributed by atoms with Crippen molar-refractivity contribution in [2.24, 2.45) is 0 Å². The van der Waals surface area contributed by atoms with Gasteiger partial charge in [-0.05, 0) is 49.2 Å². The number of pyridine rings is 1. The minimum atomic E-state index is -2.93. The molecule has 0 aliphatic rings. The molecule has 0 atom stereocenters. The van der Waals surface area contributed by atoms with Crippen molar-refractivity contribution >= 4 is 28.5 Å². The fraction of sp³-hybridized carbons (Fsp3) is 0.227. The maximum absolute atomic E-state index is 12.7. The molecule has 0 saturated heterocycles. The first-order valence-electron chi connectivity index (χ1n) is 9.29. The van der Waals surface area contributed by atoms with E-state index in [1.807, 2.05) is 38.1 Å². The third-order valence-corrected chi connectivity index (χ3v) is 4.46. The van der Waals surface area contributed by atoms with Gasteiger partial charge in [0.25, 0.3) is 5.91 Å². The summed E-state index contributed by atoms with van der Waals surface area (Å²) in [7, 11) is 0. The number of alkyl halides is 2. The van der Waals surface area contributed by atoms with Crippen LogP contribution in [0, 0.1) is 6.92 Å². The summed E-state index contributed by atoms with van der Waals surface area (Å²) in [5, 5.41) is 3.37. The molecule has 30 heavy (non-hydrogen) atoms. The van der Waals surface area contributed by atoms with Crippen molar-refractivity contribution in [3.05, 3.63) is 65.4 Å². The molecule has 0 saturated carbocycles. The van der Waals surface area contributed by atoms with Gasteiger partial charge in [0.1, 0.15) is 5.75 Å². The van der Waals surface area contributed by atoms with Crippen molar-refractivity contribution in [1.82, 2.24) is 4.98 Å². The molecule has 0 spiro atoms. The van der Waals surface area contributed by atoms with Crippen LogP contribution in [-0.2, 0) is 16.0 Å². The third-order valence-electron chi connectivity index (χ3n) is 4.46. The first-order valence-corrected chi connectivity index (χ1v) is 9.29. The molecule has 1 amide bonds. The largest absolute Gasteiger partial charge is 0.452 e. The summed E-state index contributed by atoms with van der Waals surface area (Å²) in [6, 6.07) is 12.9. The molecule has 0 bridgehead atoms. The number of nitrogens with one attached hydrogen (secondary N) is 1. The van der Waals surface area contributed by atoms with Crippen LogP contribution in [0.2, 0.25) is 0 Å². The molecule has 156 valence electrons. The first-order chi connectivity index (χ1) is 14.4. The number of ether oxygens (including phenoxy) is 2. The van der Waals surface area contributed by atoms with Crippen molar-refractivity contribution in [3.63, 3.8) is 0 Å². The Hall–Kier alpha value is -3.55. The van der Waals surface area contributed by atoms with E-state index in [9.17, 15) is 18.4 Å². The molecule has 0 aliphatic heterocycles. The molecule has 2 aromatic carbocycles. The Balaban J connectivity index is 1.66. The van der Waals surface area contributed by atoms with Crippen LogP contribution < -0.4 is 10.1 Å². The van der Waals surface area contributed by atoms with Crippen LogP contribution in [0.15, 0.2) is 48.5 Å². The molecule has 1 heterocycles. The Labute approximate surface area is 171 Å².